The third kappa shape index (κ3) is 2.36. The van der Waals surface area contributed by atoms with E-state index in [2.05, 4.69) is 9.97 Å². The molecule has 1 saturated heterocycles. The number of hydrogen-bond acceptors (Lipinski definition) is 4. The van der Waals surface area contributed by atoms with Crippen LogP contribution in [0.15, 0.2) is 18.7 Å². The summed E-state index contributed by atoms with van der Waals surface area (Å²) in [6.07, 6.45) is 5.67. The Kier molecular flexibility index (Phi) is 2.87. The van der Waals surface area contributed by atoms with Gasteiger partial charge in [0.1, 0.15) is 6.33 Å². The molecule has 2 heterocycles. The molecule has 1 aromatic rings. The summed E-state index contributed by atoms with van der Waals surface area (Å²) < 4.78 is 0. The molecule has 16 heavy (non-hydrogen) atoms. The first-order valence-electron chi connectivity index (χ1n) is 5.35. The van der Waals surface area contributed by atoms with E-state index in [-0.39, 0.29) is 5.91 Å². The quantitative estimate of drug-likeness (QED) is 0.748. The van der Waals surface area contributed by atoms with Crippen LogP contribution in [-0.2, 0) is 0 Å². The third-order valence-electron chi connectivity index (χ3n) is 2.94. The molecule has 5 nitrogen and oxygen atoms in total. The predicted octanol–water partition coefficient (Wildman–Crippen LogP) is 0.464. The lowest BCUT2D eigenvalue weighted by atomic mass is 9.93. The fourth-order valence-corrected chi connectivity index (χ4v) is 1.78. The van der Waals surface area contributed by atoms with Crippen molar-refractivity contribution in [2.75, 3.05) is 13.1 Å². The Hall–Kier alpha value is -1.49. The van der Waals surface area contributed by atoms with Crippen LogP contribution in [0.25, 0.3) is 0 Å². The maximum atomic E-state index is 12.0. The summed E-state index contributed by atoms with van der Waals surface area (Å²) in [5.41, 5.74) is -0.131. The molecule has 0 atom stereocenters. The summed E-state index contributed by atoms with van der Waals surface area (Å²) in [6.45, 7) is 2.97. The first-order valence-corrected chi connectivity index (χ1v) is 5.35. The van der Waals surface area contributed by atoms with Crippen molar-refractivity contribution in [3.05, 3.63) is 24.3 Å². The van der Waals surface area contributed by atoms with Gasteiger partial charge >= 0.3 is 0 Å². The fourth-order valence-electron chi connectivity index (χ4n) is 1.78. The van der Waals surface area contributed by atoms with Gasteiger partial charge < -0.3 is 10.0 Å². The molecule has 1 aliphatic rings. The average molecular weight is 221 g/mol. The second-order valence-electron chi connectivity index (χ2n) is 4.42. The maximum Gasteiger partial charge on any atom is 0.256 e. The van der Waals surface area contributed by atoms with Gasteiger partial charge in [-0.2, -0.15) is 0 Å². The Bertz CT molecular complexity index is 368. The highest BCUT2D eigenvalue weighted by molar-refractivity contribution is 5.93. The van der Waals surface area contributed by atoms with E-state index in [1.165, 1.54) is 18.7 Å². The SMILES string of the molecule is CC1(O)CCN(C(=O)c2cncnc2)CC1. The van der Waals surface area contributed by atoms with Gasteiger partial charge in [-0.05, 0) is 19.8 Å². The molecule has 1 aliphatic heterocycles. The summed E-state index contributed by atoms with van der Waals surface area (Å²) in [7, 11) is 0. The number of aliphatic hydroxyl groups is 1. The molecule has 1 N–H and O–H groups in total. The van der Waals surface area contributed by atoms with Gasteiger partial charge in [0, 0.05) is 25.5 Å². The van der Waals surface area contributed by atoms with E-state index >= 15 is 0 Å². The molecule has 0 saturated carbocycles. The highest BCUT2D eigenvalue weighted by atomic mass is 16.3. The second-order valence-corrected chi connectivity index (χ2v) is 4.42. The molecule has 0 spiro atoms. The van der Waals surface area contributed by atoms with Gasteiger partial charge in [0.15, 0.2) is 0 Å². The molecular formula is C11H15N3O2. The Balaban J connectivity index is 2.03. The normalized spacial score (nSPS) is 19.5. The topological polar surface area (TPSA) is 66.3 Å². The maximum absolute atomic E-state index is 12.0. The van der Waals surface area contributed by atoms with E-state index in [0.29, 0.717) is 31.5 Å². The van der Waals surface area contributed by atoms with Gasteiger partial charge in [0.2, 0.25) is 0 Å². The number of amides is 1. The van der Waals surface area contributed by atoms with Crippen LogP contribution in [0.5, 0.6) is 0 Å². The highest BCUT2D eigenvalue weighted by Crippen LogP contribution is 2.22. The lowest BCUT2D eigenvalue weighted by Crippen LogP contribution is -2.45. The Labute approximate surface area is 94.1 Å². The molecule has 0 aromatic carbocycles. The van der Waals surface area contributed by atoms with Crippen LogP contribution in [0.3, 0.4) is 0 Å². The number of nitrogens with zero attached hydrogens (tertiary/aromatic N) is 3. The average Bonchev–Trinajstić information content (AvgIpc) is 2.29. The van der Waals surface area contributed by atoms with Crippen molar-refractivity contribution >= 4 is 5.91 Å². The summed E-state index contributed by atoms with van der Waals surface area (Å²) >= 11 is 0. The number of aromatic nitrogens is 2. The molecule has 0 aliphatic carbocycles. The summed E-state index contributed by atoms with van der Waals surface area (Å²) in [6, 6.07) is 0. The van der Waals surface area contributed by atoms with Gasteiger partial charge in [-0.3, -0.25) is 4.79 Å². The van der Waals surface area contributed by atoms with Crippen molar-refractivity contribution in [2.24, 2.45) is 0 Å². The van der Waals surface area contributed by atoms with E-state index in [9.17, 15) is 9.90 Å². The lowest BCUT2D eigenvalue weighted by molar-refractivity contribution is -0.00204. The largest absolute Gasteiger partial charge is 0.390 e. The molecule has 1 fully saturated rings. The van der Waals surface area contributed by atoms with Crippen LogP contribution in [0.4, 0.5) is 0 Å². The van der Waals surface area contributed by atoms with Gasteiger partial charge in [-0.15, -0.1) is 0 Å². The summed E-state index contributed by atoms with van der Waals surface area (Å²) in [5, 5.41) is 9.78. The van der Waals surface area contributed by atoms with Crippen molar-refractivity contribution in [3.8, 4) is 0 Å². The van der Waals surface area contributed by atoms with Crippen molar-refractivity contribution in [2.45, 2.75) is 25.4 Å². The van der Waals surface area contributed by atoms with E-state index in [0.717, 1.165) is 0 Å². The van der Waals surface area contributed by atoms with E-state index in [1.807, 2.05) is 0 Å². The summed E-state index contributed by atoms with van der Waals surface area (Å²) in [5.74, 6) is -0.0592. The van der Waals surface area contributed by atoms with Crippen LogP contribution in [0.1, 0.15) is 30.1 Å². The summed E-state index contributed by atoms with van der Waals surface area (Å²) in [4.78, 5) is 21.4. The van der Waals surface area contributed by atoms with Crippen LogP contribution in [0, 0.1) is 0 Å². The molecule has 0 bridgehead atoms. The zero-order chi connectivity index (χ0) is 11.6. The van der Waals surface area contributed by atoms with Crippen LogP contribution in [0.2, 0.25) is 0 Å². The van der Waals surface area contributed by atoms with Crippen molar-refractivity contribution in [1.82, 2.24) is 14.9 Å². The minimum absolute atomic E-state index is 0.0592. The smallest absolute Gasteiger partial charge is 0.256 e. The third-order valence-corrected chi connectivity index (χ3v) is 2.94. The fraction of sp³-hybridized carbons (Fsp3) is 0.545. The standard InChI is InChI=1S/C11H15N3O2/c1-11(16)2-4-14(5-3-11)10(15)9-6-12-8-13-7-9/h6-8,16H,2-5H2,1H3. The molecule has 0 unspecified atom stereocenters. The monoisotopic (exact) mass is 221 g/mol. The number of rotatable bonds is 1. The molecule has 86 valence electrons. The zero-order valence-electron chi connectivity index (χ0n) is 9.26. The van der Waals surface area contributed by atoms with Crippen molar-refractivity contribution in [1.29, 1.82) is 0 Å². The van der Waals surface area contributed by atoms with Crippen molar-refractivity contribution < 1.29 is 9.90 Å². The highest BCUT2D eigenvalue weighted by Gasteiger charge is 2.29. The number of piperidine rings is 1. The van der Waals surface area contributed by atoms with Gasteiger partial charge in [-0.25, -0.2) is 9.97 Å². The first-order chi connectivity index (χ1) is 7.58. The van der Waals surface area contributed by atoms with E-state index < -0.39 is 5.60 Å². The zero-order valence-corrected chi connectivity index (χ0v) is 9.26. The first kappa shape index (κ1) is 11.0. The van der Waals surface area contributed by atoms with Gasteiger partial charge in [0.25, 0.3) is 5.91 Å². The Morgan fingerprint density at radius 2 is 1.94 bits per heavy atom. The Morgan fingerprint density at radius 3 is 2.50 bits per heavy atom. The molecule has 2 rings (SSSR count). The number of likely N-dealkylation sites (tertiary alicyclic amines) is 1. The predicted molar refractivity (Wildman–Crippen MR) is 57.8 cm³/mol. The molecule has 1 aromatic heterocycles. The number of carbonyl (C=O) groups is 1. The Morgan fingerprint density at radius 1 is 1.38 bits per heavy atom. The molecular weight excluding hydrogens is 206 g/mol. The lowest BCUT2D eigenvalue weighted by Gasteiger charge is -2.35. The minimum atomic E-state index is -0.635. The van der Waals surface area contributed by atoms with Crippen LogP contribution >= 0.6 is 0 Å². The second kappa shape index (κ2) is 4.17. The molecule has 5 heteroatoms. The van der Waals surface area contributed by atoms with E-state index in [4.69, 9.17) is 0 Å². The van der Waals surface area contributed by atoms with E-state index in [1.54, 1.807) is 11.8 Å². The van der Waals surface area contributed by atoms with Crippen molar-refractivity contribution in [3.63, 3.8) is 0 Å². The van der Waals surface area contributed by atoms with Crippen LogP contribution in [-0.4, -0.2) is 44.6 Å². The number of carbonyl (C=O) groups excluding carboxylic acids is 1. The minimum Gasteiger partial charge on any atom is -0.390 e. The molecule has 0 radical (unpaired) electrons. The van der Waals surface area contributed by atoms with Crippen LogP contribution < -0.4 is 0 Å². The molecule has 1 amide bonds. The van der Waals surface area contributed by atoms with Gasteiger partial charge in [-0.1, -0.05) is 0 Å². The number of hydrogen-bond donors (Lipinski definition) is 1. The van der Waals surface area contributed by atoms with Gasteiger partial charge in [0.05, 0.1) is 11.2 Å².